The number of aryl methyl sites for hydroxylation is 1. The Bertz CT molecular complexity index is 463. The maximum Gasteiger partial charge on any atom is 0.109 e. The monoisotopic (exact) mass is 275 g/mol. The third-order valence-electron chi connectivity index (χ3n) is 5.14. The molecule has 1 aliphatic heterocycles. The second-order valence-corrected chi connectivity index (χ2v) is 7.36. The van der Waals surface area contributed by atoms with Crippen LogP contribution in [0.5, 0.6) is 0 Å². The third-order valence-corrected chi connectivity index (χ3v) is 5.14. The van der Waals surface area contributed by atoms with Crippen molar-refractivity contribution in [3.05, 3.63) is 17.2 Å². The molecular weight excluding hydrogens is 246 g/mol. The van der Waals surface area contributed by atoms with Crippen LogP contribution in [0, 0.1) is 5.41 Å². The van der Waals surface area contributed by atoms with E-state index in [0.717, 1.165) is 25.9 Å². The summed E-state index contributed by atoms with van der Waals surface area (Å²) in [6.45, 7) is 9.19. The van der Waals surface area contributed by atoms with Gasteiger partial charge in [-0.2, -0.15) is 0 Å². The predicted octanol–water partition coefficient (Wildman–Crippen LogP) is 3.62. The van der Waals surface area contributed by atoms with Gasteiger partial charge in [0.05, 0.1) is 5.69 Å². The third kappa shape index (κ3) is 2.65. The molecule has 3 nitrogen and oxygen atoms in total. The highest BCUT2D eigenvalue weighted by Crippen LogP contribution is 2.41. The molecule has 1 aromatic rings. The van der Waals surface area contributed by atoms with Crippen LogP contribution in [0.25, 0.3) is 0 Å². The standard InChI is InChI=1S/C17H29N3/c1-4-5-16-19-14-12-18-11-8-15(14)20(16)13-6-9-17(2,3)10-7-13/h13,18H,4-12H2,1-3H3. The first-order valence-corrected chi connectivity index (χ1v) is 8.40. The number of hydrogen-bond donors (Lipinski definition) is 1. The van der Waals surface area contributed by atoms with Gasteiger partial charge in [-0.15, -0.1) is 0 Å². The Morgan fingerprint density at radius 3 is 2.75 bits per heavy atom. The molecule has 1 fully saturated rings. The molecular formula is C17H29N3. The summed E-state index contributed by atoms with van der Waals surface area (Å²) in [6, 6.07) is 0.707. The Morgan fingerprint density at radius 2 is 2.05 bits per heavy atom. The van der Waals surface area contributed by atoms with E-state index in [1.165, 1.54) is 49.3 Å². The molecule has 3 heteroatoms. The molecule has 112 valence electrons. The summed E-state index contributed by atoms with van der Waals surface area (Å²) in [5.41, 5.74) is 3.41. The SMILES string of the molecule is CCCc1nc2c(n1C1CCC(C)(C)CC1)CCNC2. The average molecular weight is 275 g/mol. The van der Waals surface area contributed by atoms with Gasteiger partial charge in [0, 0.05) is 37.7 Å². The molecule has 0 aromatic carbocycles. The van der Waals surface area contributed by atoms with Gasteiger partial charge >= 0.3 is 0 Å². The van der Waals surface area contributed by atoms with Gasteiger partial charge in [0.25, 0.3) is 0 Å². The van der Waals surface area contributed by atoms with Crippen LogP contribution in [-0.2, 0) is 19.4 Å². The summed E-state index contributed by atoms with van der Waals surface area (Å²) in [4.78, 5) is 4.95. The zero-order valence-corrected chi connectivity index (χ0v) is 13.3. The van der Waals surface area contributed by atoms with Crippen molar-refractivity contribution in [3.8, 4) is 0 Å². The van der Waals surface area contributed by atoms with E-state index in [2.05, 4.69) is 30.7 Å². The minimum atomic E-state index is 0.545. The molecule has 0 radical (unpaired) electrons. The molecule has 1 saturated carbocycles. The highest BCUT2D eigenvalue weighted by Gasteiger charge is 2.31. The molecule has 3 rings (SSSR count). The van der Waals surface area contributed by atoms with Gasteiger partial charge in [-0.25, -0.2) is 4.98 Å². The second-order valence-electron chi connectivity index (χ2n) is 7.36. The van der Waals surface area contributed by atoms with Gasteiger partial charge in [0.15, 0.2) is 0 Å². The molecule has 0 unspecified atom stereocenters. The van der Waals surface area contributed by atoms with E-state index >= 15 is 0 Å². The minimum absolute atomic E-state index is 0.545. The van der Waals surface area contributed by atoms with Gasteiger partial charge in [-0.05, 0) is 37.5 Å². The van der Waals surface area contributed by atoms with Crippen LogP contribution in [0.1, 0.15) is 76.1 Å². The van der Waals surface area contributed by atoms with Gasteiger partial charge in [0.1, 0.15) is 5.82 Å². The Kier molecular flexibility index (Phi) is 3.89. The lowest BCUT2D eigenvalue weighted by Crippen LogP contribution is -2.29. The fourth-order valence-electron chi connectivity index (χ4n) is 3.86. The average Bonchev–Trinajstić information content (AvgIpc) is 2.78. The number of fused-ring (bicyclic) bond motifs is 1. The smallest absolute Gasteiger partial charge is 0.109 e. The van der Waals surface area contributed by atoms with Gasteiger partial charge in [-0.3, -0.25) is 0 Å². The highest BCUT2D eigenvalue weighted by molar-refractivity contribution is 5.22. The maximum absolute atomic E-state index is 4.95. The van der Waals surface area contributed by atoms with E-state index in [-0.39, 0.29) is 0 Å². The lowest BCUT2D eigenvalue weighted by molar-refractivity contribution is 0.189. The van der Waals surface area contributed by atoms with Crippen molar-refractivity contribution in [1.82, 2.24) is 14.9 Å². The number of rotatable bonds is 3. The summed E-state index contributed by atoms with van der Waals surface area (Å²) in [5, 5.41) is 3.46. The Hall–Kier alpha value is -0.830. The van der Waals surface area contributed by atoms with Crippen LogP contribution in [0.3, 0.4) is 0 Å². The van der Waals surface area contributed by atoms with Crippen LogP contribution in [0.2, 0.25) is 0 Å². The van der Waals surface area contributed by atoms with E-state index in [9.17, 15) is 0 Å². The molecule has 2 heterocycles. The van der Waals surface area contributed by atoms with Crippen molar-refractivity contribution >= 4 is 0 Å². The summed E-state index contributed by atoms with van der Waals surface area (Å²) >= 11 is 0. The Morgan fingerprint density at radius 1 is 1.30 bits per heavy atom. The number of nitrogens with one attached hydrogen (secondary N) is 1. The first-order valence-electron chi connectivity index (χ1n) is 8.40. The number of imidazole rings is 1. The van der Waals surface area contributed by atoms with Crippen molar-refractivity contribution in [2.45, 2.75) is 78.3 Å². The Balaban J connectivity index is 1.89. The molecule has 0 spiro atoms. The van der Waals surface area contributed by atoms with Crippen molar-refractivity contribution < 1.29 is 0 Å². The molecule has 2 aliphatic rings. The van der Waals surface area contributed by atoms with E-state index in [1.807, 2.05) is 0 Å². The van der Waals surface area contributed by atoms with Crippen LogP contribution in [0.15, 0.2) is 0 Å². The molecule has 0 atom stereocenters. The van der Waals surface area contributed by atoms with E-state index in [0.29, 0.717) is 11.5 Å². The van der Waals surface area contributed by atoms with Crippen LogP contribution < -0.4 is 5.32 Å². The normalized spacial score (nSPS) is 22.8. The number of nitrogens with zero attached hydrogens (tertiary/aromatic N) is 2. The first kappa shape index (κ1) is 14.1. The van der Waals surface area contributed by atoms with Crippen molar-refractivity contribution in [2.75, 3.05) is 6.54 Å². The highest BCUT2D eigenvalue weighted by atomic mass is 15.1. The summed E-state index contributed by atoms with van der Waals surface area (Å²) < 4.78 is 2.65. The predicted molar refractivity (Wildman–Crippen MR) is 82.9 cm³/mol. The molecule has 20 heavy (non-hydrogen) atoms. The largest absolute Gasteiger partial charge is 0.329 e. The van der Waals surface area contributed by atoms with Crippen molar-refractivity contribution in [1.29, 1.82) is 0 Å². The van der Waals surface area contributed by atoms with Crippen LogP contribution >= 0.6 is 0 Å². The van der Waals surface area contributed by atoms with E-state index in [1.54, 1.807) is 0 Å². The zero-order chi connectivity index (χ0) is 14.2. The van der Waals surface area contributed by atoms with Gasteiger partial charge < -0.3 is 9.88 Å². The van der Waals surface area contributed by atoms with Gasteiger partial charge in [-0.1, -0.05) is 20.8 Å². The molecule has 0 amide bonds. The molecule has 1 aromatic heterocycles. The molecule has 1 aliphatic carbocycles. The summed E-state index contributed by atoms with van der Waals surface area (Å²) in [7, 11) is 0. The topological polar surface area (TPSA) is 29.9 Å². The fraction of sp³-hybridized carbons (Fsp3) is 0.824. The molecule has 0 saturated heterocycles. The first-order chi connectivity index (χ1) is 9.61. The number of aromatic nitrogens is 2. The van der Waals surface area contributed by atoms with Crippen molar-refractivity contribution in [3.63, 3.8) is 0 Å². The van der Waals surface area contributed by atoms with E-state index < -0.39 is 0 Å². The molecule has 1 N–H and O–H groups in total. The summed E-state index contributed by atoms with van der Waals surface area (Å²) in [6.07, 6.45) is 8.86. The summed E-state index contributed by atoms with van der Waals surface area (Å²) in [5.74, 6) is 1.35. The lowest BCUT2D eigenvalue weighted by Gasteiger charge is -2.36. The van der Waals surface area contributed by atoms with Gasteiger partial charge in [0.2, 0.25) is 0 Å². The maximum atomic E-state index is 4.95. The van der Waals surface area contributed by atoms with E-state index in [4.69, 9.17) is 4.98 Å². The van der Waals surface area contributed by atoms with Crippen molar-refractivity contribution in [2.24, 2.45) is 5.41 Å². The quantitative estimate of drug-likeness (QED) is 0.913. The minimum Gasteiger partial charge on any atom is -0.329 e. The molecule has 0 bridgehead atoms. The Labute approximate surface area is 123 Å². The van der Waals surface area contributed by atoms with Crippen LogP contribution in [-0.4, -0.2) is 16.1 Å². The zero-order valence-electron chi connectivity index (χ0n) is 13.3. The fourth-order valence-corrected chi connectivity index (χ4v) is 3.86. The van der Waals surface area contributed by atoms with Crippen LogP contribution in [0.4, 0.5) is 0 Å². The number of hydrogen-bond acceptors (Lipinski definition) is 2. The second kappa shape index (κ2) is 5.51. The lowest BCUT2D eigenvalue weighted by atomic mass is 9.75.